The molecule has 2 atom stereocenters. The van der Waals surface area contributed by atoms with Crippen LogP contribution in [0.15, 0.2) is 12.7 Å². The van der Waals surface area contributed by atoms with Gasteiger partial charge in [-0.2, -0.15) is 0 Å². The predicted octanol–water partition coefficient (Wildman–Crippen LogP) is 0.810. The zero-order valence-electron chi connectivity index (χ0n) is 10.0. The van der Waals surface area contributed by atoms with Crippen LogP contribution < -0.4 is 10.6 Å². The van der Waals surface area contributed by atoms with Crippen LogP contribution in [0, 0.1) is 0 Å². The van der Waals surface area contributed by atoms with Gasteiger partial charge in [0.15, 0.2) is 0 Å². The van der Waals surface area contributed by atoms with E-state index in [0.29, 0.717) is 19.8 Å². The Labute approximate surface area is 102 Å². The molecule has 0 saturated carbocycles. The highest BCUT2D eigenvalue weighted by atomic mass is 16.6. The maximum absolute atomic E-state index is 11.5. The number of rotatable bonds is 3. The number of carbonyl (C=O) groups excluding carboxylic acids is 1. The Kier molecular flexibility index (Phi) is 4.02. The van der Waals surface area contributed by atoms with Gasteiger partial charge in [0.1, 0.15) is 0 Å². The molecule has 0 aliphatic carbocycles. The number of hydrogen-bond acceptors (Lipinski definition) is 3. The zero-order chi connectivity index (χ0) is 12.1. The molecule has 5 nitrogen and oxygen atoms in total. The molecule has 0 aromatic rings. The fourth-order valence-electron chi connectivity index (χ4n) is 2.42. The molecule has 2 heterocycles. The molecule has 0 radical (unpaired) electrons. The van der Waals surface area contributed by atoms with Crippen LogP contribution in [0.25, 0.3) is 0 Å². The third-order valence-electron chi connectivity index (χ3n) is 3.30. The van der Waals surface area contributed by atoms with Crippen LogP contribution >= 0.6 is 0 Å². The van der Waals surface area contributed by atoms with Gasteiger partial charge >= 0.3 is 6.03 Å². The van der Waals surface area contributed by atoms with Gasteiger partial charge in [-0.3, -0.25) is 0 Å². The molecule has 0 aromatic heterocycles. The fourth-order valence-corrected chi connectivity index (χ4v) is 2.42. The predicted molar refractivity (Wildman–Crippen MR) is 63.9 cm³/mol. The summed E-state index contributed by atoms with van der Waals surface area (Å²) in [5, 5.41) is 5.69. The minimum absolute atomic E-state index is 0.133. The van der Waals surface area contributed by atoms with E-state index in [9.17, 15) is 4.79 Å². The Morgan fingerprint density at radius 2 is 2.41 bits per heavy atom. The summed E-state index contributed by atoms with van der Waals surface area (Å²) >= 11 is 0. The van der Waals surface area contributed by atoms with Crippen molar-refractivity contribution in [2.75, 3.05) is 26.4 Å². The molecule has 2 rings (SSSR count). The molecule has 17 heavy (non-hydrogen) atoms. The largest absolute Gasteiger partial charge is 0.378 e. The van der Waals surface area contributed by atoms with Crippen LogP contribution in [0.1, 0.15) is 19.3 Å². The molecule has 0 unspecified atom stereocenters. The second-order valence-corrected chi connectivity index (χ2v) is 4.67. The summed E-state index contributed by atoms with van der Waals surface area (Å²) < 4.78 is 11.2. The highest BCUT2D eigenvalue weighted by molar-refractivity contribution is 5.74. The number of ether oxygens (including phenoxy) is 2. The van der Waals surface area contributed by atoms with E-state index in [-0.39, 0.29) is 17.7 Å². The zero-order valence-corrected chi connectivity index (χ0v) is 10.0. The minimum Gasteiger partial charge on any atom is -0.378 e. The summed E-state index contributed by atoms with van der Waals surface area (Å²) in [5.41, 5.74) is -0.158. The Morgan fingerprint density at radius 1 is 1.53 bits per heavy atom. The summed E-state index contributed by atoms with van der Waals surface area (Å²) in [6.45, 7) is 6.15. The van der Waals surface area contributed by atoms with Gasteiger partial charge in [0.05, 0.1) is 12.2 Å². The molecule has 0 aromatic carbocycles. The van der Waals surface area contributed by atoms with Crippen molar-refractivity contribution in [3.8, 4) is 0 Å². The molecule has 2 amide bonds. The highest BCUT2D eigenvalue weighted by Gasteiger charge is 2.41. The lowest BCUT2D eigenvalue weighted by Crippen LogP contribution is -2.51. The standard InChI is InChI=1S/C12H20N2O3/c1-2-5-13-11(15)14-10-3-6-17-12(8-10)4-7-16-9-12/h2,10H,1,3-9H2,(H2,13,14,15)/t10-,12+/m1/s1. The third kappa shape index (κ3) is 3.20. The van der Waals surface area contributed by atoms with Crippen molar-refractivity contribution in [3.05, 3.63) is 12.7 Å². The first-order chi connectivity index (χ1) is 8.24. The van der Waals surface area contributed by atoms with Crippen LogP contribution in [-0.2, 0) is 9.47 Å². The maximum atomic E-state index is 11.5. The van der Waals surface area contributed by atoms with Gasteiger partial charge in [-0.1, -0.05) is 6.08 Å². The van der Waals surface area contributed by atoms with E-state index in [1.165, 1.54) is 0 Å². The van der Waals surface area contributed by atoms with E-state index in [1.54, 1.807) is 6.08 Å². The first-order valence-corrected chi connectivity index (χ1v) is 6.11. The van der Waals surface area contributed by atoms with Crippen LogP contribution in [0.2, 0.25) is 0 Å². The van der Waals surface area contributed by atoms with Crippen molar-refractivity contribution in [1.82, 2.24) is 10.6 Å². The van der Waals surface area contributed by atoms with E-state index < -0.39 is 0 Å². The topological polar surface area (TPSA) is 59.6 Å². The van der Waals surface area contributed by atoms with E-state index in [0.717, 1.165) is 25.9 Å². The molecule has 0 bridgehead atoms. The van der Waals surface area contributed by atoms with Crippen LogP contribution in [0.5, 0.6) is 0 Å². The third-order valence-corrected chi connectivity index (χ3v) is 3.30. The molecule has 1 spiro atoms. The van der Waals surface area contributed by atoms with Crippen molar-refractivity contribution >= 4 is 6.03 Å². The number of hydrogen-bond donors (Lipinski definition) is 2. The molecule has 2 fully saturated rings. The van der Waals surface area contributed by atoms with Gasteiger partial charge in [0, 0.05) is 32.2 Å². The quantitative estimate of drug-likeness (QED) is 0.718. The summed E-state index contributed by atoms with van der Waals surface area (Å²) in [6, 6.07) is 0.0427. The van der Waals surface area contributed by atoms with Gasteiger partial charge < -0.3 is 20.1 Å². The number of urea groups is 1. The monoisotopic (exact) mass is 240 g/mol. The van der Waals surface area contributed by atoms with Crippen LogP contribution in [0.4, 0.5) is 4.79 Å². The second-order valence-electron chi connectivity index (χ2n) is 4.67. The van der Waals surface area contributed by atoms with Gasteiger partial charge in [0.2, 0.25) is 0 Å². The number of nitrogens with one attached hydrogen (secondary N) is 2. The number of amides is 2. The van der Waals surface area contributed by atoms with E-state index >= 15 is 0 Å². The van der Waals surface area contributed by atoms with Gasteiger partial charge in [-0.25, -0.2) is 4.79 Å². The summed E-state index contributed by atoms with van der Waals surface area (Å²) in [6.07, 6.45) is 4.30. The van der Waals surface area contributed by atoms with Gasteiger partial charge in [0.25, 0.3) is 0 Å². The second kappa shape index (κ2) is 5.51. The summed E-state index contributed by atoms with van der Waals surface area (Å²) in [7, 11) is 0. The first-order valence-electron chi connectivity index (χ1n) is 6.11. The summed E-state index contributed by atoms with van der Waals surface area (Å²) in [5.74, 6) is 0. The number of carbonyl (C=O) groups is 1. The smallest absolute Gasteiger partial charge is 0.315 e. The molecular weight excluding hydrogens is 220 g/mol. The fraction of sp³-hybridized carbons (Fsp3) is 0.750. The Hall–Kier alpha value is -1.07. The molecular formula is C12H20N2O3. The van der Waals surface area contributed by atoms with Crippen molar-refractivity contribution in [1.29, 1.82) is 0 Å². The molecule has 2 aliphatic heterocycles. The van der Waals surface area contributed by atoms with E-state index in [4.69, 9.17) is 9.47 Å². The first kappa shape index (κ1) is 12.4. The molecule has 2 saturated heterocycles. The molecule has 2 aliphatic rings. The molecule has 96 valence electrons. The SMILES string of the molecule is C=CCNC(=O)N[C@@H]1CCO[C@@]2(CCOC2)C1. The Morgan fingerprint density at radius 3 is 3.12 bits per heavy atom. The maximum Gasteiger partial charge on any atom is 0.315 e. The average molecular weight is 240 g/mol. The highest BCUT2D eigenvalue weighted by Crippen LogP contribution is 2.32. The van der Waals surface area contributed by atoms with Crippen molar-refractivity contribution in [2.45, 2.75) is 30.9 Å². The Balaban J connectivity index is 1.81. The van der Waals surface area contributed by atoms with Crippen molar-refractivity contribution in [2.24, 2.45) is 0 Å². The lowest BCUT2D eigenvalue weighted by Gasteiger charge is -2.37. The molecule has 5 heteroatoms. The lowest BCUT2D eigenvalue weighted by molar-refractivity contribution is -0.0878. The van der Waals surface area contributed by atoms with Gasteiger partial charge in [-0.05, 0) is 12.8 Å². The van der Waals surface area contributed by atoms with Gasteiger partial charge in [-0.15, -0.1) is 6.58 Å². The van der Waals surface area contributed by atoms with Crippen LogP contribution in [-0.4, -0.2) is 44.0 Å². The lowest BCUT2D eigenvalue weighted by atomic mass is 9.90. The van der Waals surface area contributed by atoms with E-state index in [1.807, 2.05) is 0 Å². The van der Waals surface area contributed by atoms with Crippen molar-refractivity contribution < 1.29 is 14.3 Å². The van der Waals surface area contributed by atoms with E-state index in [2.05, 4.69) is 17.2 Å². The molecule has 2 N–H and O–H groups in total. The van der Waals surface area contributed by atoms with Crippen molar-refractivity contribution in [3.63, 3.8) is 0 Å². The summed E-state index contributed by atoms with van der Waals surface area (Å²) in [4.78, 5) is 11.5. The Bertz CT molecular complexity index is 287. The minimum atomic E-state index is -0.158. The average Bonchev–Trinajstić information content (AvgIpc) is 2.74. The van der Waals surface area contributed by atoms with Crippen LogP contribution in [0.3, 0.4) is 0 Å². The normalized spacial score (nSPS) is 32.4.